The van der Waals surface area contributed by atoms with E-state index >= 15 is 0 Å². The Labute approximate surface area is 84.1 Å². The lowest BCUT2D eigenvalue weighted by molar-refractivity contribution is 0.512. The number of nitrogen functional groups attached to an aromatic ring is 1. The normalized spacial score (nSPS) is 10.3. The first kappa shape index (κ1) is 9.45. The quantitative estimate of drug-likeness (QED) is 0.710. The summed E-state index contributed by atoms with van der Waals surface area (Å²) in [5.41, 5.74) is 5.90. The number of H-pyrrole nitrogens is 1. The number of anilines is 3. The molecule has 0 aliphatic rings. The first-order valence-corrected chi connectivity index (χ1v) is 4.18. The molecule has 0 radical (unpaired) electrons. The molecule has 1 heterocycles. The Morgan fingerprint density at radius 2 is 2.07 bits per heavy atom. The highest BCUT2D eigenvalue weighted by Gasteiger charge is 2.09. The number of aromatic nitrogens is 2. The van der Waals surface area contributed by atoms with Crippen molar-refractivity contribution in [1.82, 2.24) is 10.2 Å². The van der Waals surface area contributed by atoms with E-state index in [-0.39, 0.29) is 11.5 Å². The van der Waals surface area contributed by atoms with Crippen molar-refractivity contribution in [3.05, 3.63) is 36.0 Å². The molecule has 0 amide bonds. The van der Waals surface area contributed by atoms with Crippen molar-refractivity contribution in [1.29, 1.82) is 0 Å². The molecule has 0 bridgehead atoms. The maximum absolute atomic E-state index is 13.2. The maximum atomic E-state index is 13.2. The van der Waals surface area contributed by atoms with E-state index in [2.05, 4.69) is 15.5 Å². The van der Waals surface area contributed by atoms with Crippen LogP contribution in [0.1, 0.15) is 0 Å². The summed E-state index contributed by atoms with van der Waals surface area (Å²) in [6, 6.07) is 3.85. The summed E-state index contributed by atoms with van der Waals surface area (Å²) in [6.45, 7) is 0. The van der Waals surface area contributed by atoms with Crippen molar-refractivity contribution >= 4 is 17.2 Å². The molecule has 0 saturated heterocycles. The lowest BCUT2D eigenvalue weighted by Gasteiger charge is -2.05. The van der Waals surface area contributed by atoms with Gasteiger partial charge in [0.15, 0.2) is 11.6 Å². The summed E-state index contributed by atoms with van der Waals surface area (Å²) in [7, 11) is 0. The highest BCUT2D eigenvalue weighted by Crippen LogP contribution is 2.23. The Morgan fingerprint density at radius 1 is 1.27 bits per heavy atom. The molecule has 2 rings (SSSR count). The predicted molar refractivity (Wildman–Crippen MR) is 52.6 cm³/mol. The van der Waals surface area contributed by atoms with Gasteiger partial charge in [0.05, 0.1) is 11.9 Å². The average molecular weight is 210 g/mol. The molecule has 0 aliphatic heterocycles. The van der Waals surface area contributed by atoms with Crippen LogP contribution < -0.4 is 11.1 Å². The lowest BCUT2D eigenvalue weighted by atomic mass is 10.3. The molecule has 1 aromatic carbocycles. The molecule has 4 nitrogen and oxygen atoms in total. The first-order chi connectivity index (χ1) is 7.18. The summed E-state index contributed by atoms with van der Waals surface area (Å²) in [5, 5.41) is 8.74. The molecule has 0 spiro atoms. The Balaban J connectivity index is 2.33. The molecule has 0 aliphatic carbocycles. The van der Waals surface area contributed by atoms with Gasteiger partial charge in [-0.2, -0.15) is 5.10 Å². The molecule has 6 heteroatoms. The Morgan fingerprint density at radius 3 is 2.73 bits per heavy atom. The smallest absolute Gasteiger partial charge is 0.182 e. The number of nitrogens with two attached hydrogens (primary N) is 1. The second-order valence-electron chi connectivity index (χ2n) is 2.92. The van der Waals surface area contributed by atoms with Gasteiger partial charge in [-0.15, -0.1) is 0 Å². The van der Waals surface area contributed by atoms with Gasteiger partial charge in [0.1, 0.15) is 11.5 Å². The van der Waals surface area contributed by atoms with Crippen LogP contribution in [0.15, 0.2) is 24.4 Å². The molecule has 1 aromatic heterocycles. The van der Waals surface area contributed by atoms with E-state index in [9.17, 15) is 8.78 Å². The zero-order chi connectivity index (χ0) is 10.8. The van der Waals surface area contributed by atoms with Crippen molar-refractivity contribution in [3.8, 4) is 0 Å². The zero-order valence-electron chi connectivity index (χ0n) is 7.59. The molecule has 0 unspecified atom stereocenters. The van der Waals surface area contributed by atoms with E-state index in [1.54, 1.807) is 0 Å². The van der Waals surface area contributed by atoms with Gasteiger partial charge in [0.2, 0.25) is 0 Å². The van der Waals surface area contributed by atoms with Gasteiger partial charge in [0.25, 0.3) is 0 Å². The van der Waals surface area contributed by atoms with Crippen LogP contribution in [0.2, 0.25) is 0 Å². The third-order valence-corrected chi connectivity index (χ3v) is 1.89. The van der Waals surface area contributed by atoms with E-state index < -0.39 is 11.6 Å². The summed E-state index contributed by atoms with van der Waals surface area (Å²) in [4.78, 5) is 0. The van der Waals surface area contributed by atoms with Crippen molar-refractivity contribution in [3.63, 3.8) is 0 Å². The highest BCUT2D eigenvalue weighted by molar-refractivity contribution is 5.68. The van der Waals surface area contributed by atoms with Crippen LogP contribution in [0.3, 0.4) is 0 Å². The van der Waals surface area contributed by atoms with Gasteiger partial charge in [-0.25, -0.2) is 8.78 Å². The molecule has 78 valence electrons. The van der Waals surface area contributed by atoms with Crippen molar-refractivity contribution in [2.75, 3.05) is 11.1 Å². The third kappa shape index (κ3) is 1.74. The van der Waals surface area contributed by atoms with E-state index in [1.807, 2.05) is 0 Å². The van der Waals surface area contributed by atoms with Gasteiger partial charge in [-0.3, -0.25) is 5.10 Å². The van der Waals surface area contributed by atoms with Crippen LogP contribution in [0, 0.1) is 11.6 Å². The average Bonchev–Trinajstić information content (AvgIpc) is 2.60. The maximum Gasteiger partial charge on any atom is 0.182 e. The number of aromatic amines is 1. The molecule has 15 heavy (non-hydrogen) atoms. The van der Waals surface area contributed by atoms with Crippen molar-refractivity contribution in [2.45, 2.75) is 0 Å². The topological polar surface area (TPSA) is 66.7 Å². The summed E-state index contributed by atoms with van der Waals surface area (Å²) >= 11 is 0. The van der Waals surface area contributed by atoms with Crippen LogP contribution >= 0.6 is 0 Å². The fourth-order valence-electron chi connectivity index (χ4n) is 1.14. The molecule has 0 fully saturated rings. The van der Waals surface area contributed by atoms with Gasteiger partial charge in [-0.1, -0.05) is 6.07 Å². The number of hydrogen-bond acceptors (Lipinski definition) is 3. The van der Waals surface area contributed by atoms with Crippen molar-refractivity contribution in [2.24, 2.45) is 0 Å². The van der Waals surface area contributed by atoms with Crippen LogP contribution in [0.5, 0.6) is 0 Å². The van der Waals surface area contributed by atoms with Crippen LogP contribution in [-0.4, -0.2) is 10.2 Å². The Hall–Kier alpha value is -2.11. The largest absolute Gasteiger partial charge is 0.382 e. The standard InChI is InChI=1S/C9H8F2N4/c10-5-2-1-3-6(8(5)11)14-7-4-13-15-9(7)12/h1-4,14H,(H3,12,13,15). The Kier molecular flexibility index (Phi) is 2.24. The Bertz CT molecular complexity index is 481. The van der Waals surface area contributed by atoms with Crippen LogP contribution in [0.25, 0.3) is 0 Å². The molecular formula is C9H8F2N4. The second kappa shape index (κ2) is 3.56. The number of nitrogens with zero attached hydrogens (tertiary/aromatic N) is 1. The number of rotatable bonds is 2. The molecular weight excluding hydrogens is 202 g/mol. The highest BCUT2D eigenvalue weighted by atomic mass is 19.2. The van der Waals surface area contributed by atoms with E-state index in [0.717, 1.165) is 6.07 Å². The van der Waals surface area contributed by atoms with Crippen LogP contribution in [-0.2, 0) is 0 Å². The zero-order valence-corrected chi connectivity index (χ0v) is 7.59. The molecule has 4 N–H and O–H groups in total. The second-order valence-corrected chi connectivity index (χ2v) is 2.92. The van der Waals surface area contributed by atoms with Gasteiger partial charge >= 0.3 is 0 Å². The minimum atomic E-state index is -0.946. The first-order valence-electron chi connectivity index (χ1n) is 4.18. The van der Waals surface area contributed by atoms with Gasteiger partial charge < -0.3 is 11.1 Å². The summed E-state index contributed by atoms with van der Waals surface area (Å²) in [6.07, 6.45) is 1.39. The third-order valence-electron chi connectivity index (χ3n) is 1.89. The number of nitrogens with one attached hydrogen (secondary N) is 2. The van der Waals surface area contributed by atoms with Crippen molar-refractivity contribution < 1.29 is 8.78 Å². The van der Waals surface area contributed by atoms with E-state index in [4.69, 9.17) is 5.73 Å². The van der Waals surface area contributed by atoms with Gasteiger partial charge in [-0.05, 0) is 12.1 Å². The van der Waals surface area contributed by atoms with Crippen LogP contribution in [0.4, 0.5) is 26.0 Å². The van der Waals surface area contributed by atoms with E-state index in [0.29, 0.717) is 5.69 Å². The minimum absolute atomic E-state index is 0.0168. The fraction of sp³-hybridized carbons (Fsp3) is 0. The molecule has 0 atom stereocenters. The predicted octanol–water partition coefficient (Wildman–Crippen LogP) is 2.01. The summed E-state index contributed by atoms with van der Waals surface area (Å²) in [5.74, 6) is -1.60. The summed E-state index contributed by atoms with van der Waals surface area (Å²) < 4.78 is 26.1. The molecule has 0 saturated carbocycles. The SMILES string of the molecule is Nc1[nH]ncc1Nc1cccc(F)c1F. The minimum Gasteiger partial charge on any atom is -0.382 e. The number of benzene rings is 1. The lowest BCUT2D eigenvalue weighted by Crippen LogP contribution is -1.97. The molecule has 2 aromatic rings. The fourth-order valence-corrected chi connectivity index (χ4v) is 1.14. The monoisotopic (exact) mass is 210 g/mol. The number of halogens is 2. The van der Waals surface area contributed by atoms with Gasteiger partial charge in [0, 0.05) is 0 Å². The van der Waals surface area contributed by atoms with E-state index in [1.165, 1.54) is 18.3 Å². The number of hydrogen-bond donors (Lipinski definition) is 3.